The quantitative estimate of drug-likeness (QED) is 0.844. The number of nitrogens with zero attached hydrogens (tertiary/aromatic N) is 1. The van der Waals surface area contributed by atoms with E-state index in [-0.39, 0.29) is 5.54 Å². The molecule has 0 amide bonds. The van der Waals surface area contributed by atoms with Crippen molar-refractivity contribution in [2.75, 3.05) is 19.6 Å². The van der Waals surface area contributed by atoms with E-state index in [1.807, 2.05) is 0 Å². The second-order valence-electron chi connectivity index (χ2n) is 8.09. The number of piperidine rings is 1. The third kappa shape index (κ3) is 2.25. The van der Waals surface area contributed by atoms with Gasteiger partial charge in [-0.15, -0.1) is 0 Å². The average molecular weight is 264 g/mol. The van der Waals surface area contributed by atoms with Gasteiger partial charge < -0.3 is 5.73 Å². The molecule has 1 spiro atoms. The summed E-state index contributed by atoms with van der Waals surface area (Å²) < 4.78 is 0. The lowest BCUT2D eigenvalue weighted by Crippen LogP contribution is -2.60. The van der Waals surface area contributed by atoms with Crippen molar-refractivity contribution < 1.29 is 0 Å². The fraction of sp³-hybridized carbons (Fsp3) is 1.00. The van der Waals surface area contributed by atoms with Gasteiger partial charge in [-0.25, -0.2) is 0 Å². The topological polar surface area (TPSA) is 29.3 Å². The Labute approximate surface area is 119 Å². The molecule has 1 aliphatic heterocycles. The normalized spacial score (nSPS) is 33.0. The van der Waals surface area contributed by atoms with Crippen LogP contribution >= 0.6 is 0 Å². The van der Waals surface area contributed by atoms with Crippen molar-refractivity contribution in [2.45, 2.75) is 77.2 Å². The summed E-state index contributed by atoms with van der Waals surface area (Å²) in [5.41, 5.74) is 7.66. The van der Waals surface area contributed by atoms with Crippen LogP contribution in [-0.2, 0) is 0 Å². The molecule has 1 atom stereocenters. The molecular weight excluding hydrogens is 232 g/mol. The molecule has 3 fully saturated rings. The summed E-state index contributed by atoms with van der Waals surface area (Å²) in [5.74, 6) is 0. The van der Waals surface area contributed by atoms with Gasteiger partial charge in [-0.2, -0.15) is 0 Å². The molecule has 2 nitrogen and oxygen atoms in total. The molecule has 1 heterocycles. The van der Waals surface area contributed by atoms with Gasteiger partial charge in [-0.3, -0.25) is 4.90 Å². The van der Waals surface area contributed by atoms with Crippen LogP contribution in [-0.4, -0.2) is 30.1 Å². The molecule has 1 unspecified atom stereocenters. The zero-order chi connectivity index (χ0) is 13.6. The third-order valence-corrected chi connectivity index (χ3v) is 7.13. The van der Waals surface area contributed by atoms with E-state index in [1.165, 1.54) is 70.9 Å². The molecular formula is C17H32N2. The van der Waals surface area contributed by atoms with E-state index in [2.05, 4.69) is 18.7 Å². The average Bonchev–Trinajstić information content (AvgIpc) is 3.19. The molecule has 2 N–H and O–H groups in total. The standard InChI is InChI=1S/C17H32N2/c1-15(8-9-15)16(2,14-18)19-12-10-17(11-13-19)6-4-3-5-7-17/h3-14,18H2,1-2H3. The molecule has 2 aliphatic carbocycles. The lowest BCUT2D eigenvalue weighted by Gasteiger charge is -2.52. The van der Waals surface area contributed by atoms with E-state index in [0.717, 1.165) is 6.54 Å². The van der Waals surface area contributed by atoms with Gasteiger partial charge in [0.05, 0.1) is 0 Å². The summed E-state index contributed by atoms with van der Waals surface area (Å²) >= 11 is 0. The van der Waals surface area contributed by atoms with Gasteiger partial charge in [-0.1, -0.05) is 26.2 Å². The van der Waals surface area contributed by atoms with E-state index in [0.29, 0.717) is 10.8 Å². The molecule has 0 aromatic carbocycles. The van der Waals surface area contributed by atoms with Crippen molar-refractivity contribution in [2.24, 2.45) is 16.6 Å². The highest BCUT2D eigenvalue weighted by Gasteiger charge is 2.56. The summed E-state index contributed by atoms with van der Waals surface area (Å²) in [4.78, 5) is 2.75. The first-order chi connectivity index (χ1) is 9.04. The lowest BCUT2D eigenvalue weighted by molar-refractivity contribution is -0.0191. The minimum atomic E-state index is 0.253. The van der Waals surface area contributed by atoms with Crippen LogP contribution in [0.15, 0.2) is 0 Å². The molecule has 0 radical (unpaired) electrons. The van der Waals surface area contributed by atoms with Gasteiger partial charge in [0.25, 0.3) is 0 Å². The van der Waals surface area contributed by atoms with Crippen molar-refractivity contribution in [3.8, 4) is 0 Å². The van der Waals surface area contributed by atoms with Crippen molar-refractivity contribution >= 4 is 0 Å². The first kappa shape index (κ1) is 13.9. The monoisotopic (exact) mass is 264 g/mol. The van der Waals surface area contributed by atoms with Gasteiger partial charge >= 0.3 is 0 Å². The maximum atomic E-state index is 6.19. The predicted octanol–water partition coefficient (Wildman–Crippen LogP) is 3.55. The highest BCUT2D eigenvalue weighted by molar-refractivity contribution is 5.10. The van der Waals surface area contributed by atoms with E-state index in [9.17, 15) is 0 Å². The zero-order valence-electron chi connectivity index (χ0n) is 13.0. The van der Waals surface area contributed by atoms with Crippen LogP contribution in [0.3, 0.4) is 0 Å². The Morgan fingerprint density at radius 1 is 0.947 bits per heavy atom. The lowest BCUT2D eigenvalue weighted by atomic mass is 9.67. The molecule has 0 aromatic rings. The van der Waals surface area contributed by atoms with Crippen LogP contribution in [0, 0.1) is 10.8 Å². The highest BCUT2D eigenvalue weighted by atomic mass is 15.2. The second-order valence-corrected chi connectivity index (χ2v) is 8.09. The van der Waals surface area contributed by atoms with Crippen LogP contribution < -0.4 is 5.73 Å². The maximum Gasteiger partial charge on any atom is 0.0357 e. The Bertz CT molecular complexity index is 318. The maximum absolute atomic E-state index is 6.19. The van der Waals surface area contributed by atoms with Crippen LogP contribution in [0.4, 0.5) is 0 Å². The molecule has 110 valence electrons. The van der Waals surface area contributed by atoms with Crippen LogP contribution in [0.25, 0.3) is 0 Å². The summed E-state index contributed by atoms with van der Waals surface area (Å²) in [7, 11) is 0. The first-order valence-electron chi connectivity index (χ1n) is 8.49. The molecule has 2 saturated carbocycles. The Morgan fingerprint density at radius 3 is 2.00 bits per heavy atom. The molecule has 19 heavy (non-hydrogen) atoms. The van der Waals surface area contributed by atoms with E-state index >= 15 is 0 Å². The minimum absolute atomic E-state index is 0.253. The Balaban J connectivity index is 1.66. The summed E-state index contributed by atoms with van der Waals surface area (Å²) in [6, 6.07) is 0. The number of hydrogen-bond donors (Lipinski definition) is 1. The van der Waals surface area contributed by atoms with E-state index in [1.54, 1.807) is 0 Å². The predicted molar refractivity (Wildman–Crippen MR) is 81.1 cm³/mol. The Morgan fingerprint density at radius 2 is 1.53 bits per heavy atom. The van der Waals surface area contributed by atoms with Gasteiger partial charge in [0.2, 0.25) is 0 Å². The fourth-order valence-electron chi connectivity index (χ4n) is 4.76. The van der Waals surface area contributed by atoms with E-state index in [4.69, 9.17) is 5.73 Å². The molecule has 3 rings (SSSR count). The van der Waals surface area contributed by atoms with Crippen molar-refractivity contribution in [1.82, 2.24) is 4.90 Å². The number of hydrogen-bond acceptors (Lipinski definition) is 2. The Kier molecular flexibility index (Phi) is 3.46. The van der Waals surface area contributed by atoms with Crippen molar-refractivity contribution in [3.05, 3.63) is 0 Å². The highest BCUT2D eigenvalue weighted by Crippen LogP contribution is 2.57. The second kappa shape index (κ2) is 4.73. The van der Waals surface area contributed by atoms with Gasteiger partial charge in [-0.05, 0) is 69.4 Å². The van der Waals surface area contributed by atoms with Crippen LogP contribution in [0.1, 0.15) is 71.6 Å². The van der Waals surface area contributed by atoms with Crippen molar-refractivity contribution in [3.63, 3.8) is 0 Å². The molecule has 2 heteroatoms. The smallest absolute Gasteiger partial charge is 0.0357 e. The summed E-state index contributed by atoms with van der Waals surface area (Å²) in [6.45, 7) is 8.30. The number of rotatable bonds is 3. The van der Waals surface area contributed by atoms with Crippen LogP contribution in [0.2, 0.25) is 0 Å². The minimum Gasteiger partial charge on any atom is -0.329 e. The molecule has 3 aliphatic rings. The van der Waals surface area contributed by atoms with E-state index < -0.39 is 0 Å². The zero-order valence-corrected chi connectivity index (χ0v) is 13.0. The van der Waals surface area contributed by atoms with Gasteiger partial charge in [0.1, 0.15) is 0 Å². The largest absolute Gasteiger partial charge is 0.329 e. The van der Waals surface area contributed by atoms with Crippen molar-refractivity contribution in [1.29, 1.82) is 0 Å². The fourth-order valence-corrected chi connectivity index (χ4v) is 4.76. The van der Waals surface area contributed by atoms with Gasteiger partial charge in [0.15, 0.2) is 0 Å². The summed E-state index contributed by atoms with van der Waals surface area (Å²) in [6.07, 6.45) is 13.0. The molecule has 0 aromatic heterocycles. The molecule has 0 bridgehead atoms. The first-order valence-corrected chi connectivity index (χ1v) is 8.49. The Hall–Kier alpha value is -0.0800. The van der Waals surface area contributed by atoms with Crippen LogP contribution in [0.5, 0.6) is 0 Å². The molecule has 1 saturated heterocycles. The third-order valence-electron chi connectivity index (χ3n) is 7.13. The SMILES string of the molecule is CC1(C(C)(CN)N2CCC3(CCCCC3)CC2)CC1. The number of likely N-dealkylation sites (tertiary alicyclic amines) is 1. The van der Waals surface area contributed by atoms with Gasteiger partial charge in [0, 0.05) is 12.1 Å². The summed E-state index contributed by atoms with van der Waals surface area (Å²) in [5, 5.41) is 0. The number of nitrogens with two attached hydrogens (primary N) is 1.